The molecule has 116 valence electrons. The fraction of sp³-hybridized carbons (Fsp3) is 0.800. The molecule has 20 heavy (non-hydrogen) atoms. The maximum atomic E-state index is 13.0. The zero-order valence-electron chi connectivity index (χ0n) is 9.70. The number of allylic oxidation sites excluding steroid dienone is 2. The molecule has 0 aromatic rings. The van der Waals surface area contributed by atoms with E-state index in [1.165, 1.54) is 6.08 Å². The lowest BCUT2D eigenvalue weighted by atomic mass is 9.80. The van der Waals surface area contributed by atoms with E-state index >= 15 is 0 Å². The molecular formula is C10H9F6O3S-. The molecule has 0 aliphatic heterocycles. The molecule has 0 amide bonds. The maximum Gasteiger partial charge on any atom is 0.416 e. The lowest BCUT2D eigenvalue weighted by molar-refractivity contribution is -0.284. The van der Waals surface area contributed by atoms with Gasteiger partial charge in [-0.2, -0.15) is 26.3 Å². The largest absolute Gasteiger partial charge is 0.747 e. The summed E-state index contributed by atoms with van der Waals surface area (Å²) in [4.78, 5) is 0. The Morgan fingerprint density at radius 1 is 0.950 bits per heavy atom. The molecule has 10 heteroatoms. The number of hydrogen-bond acceptors (Lipinski definition) is 3. The van der Waals surface area contributed by atoms with Crippen molar-refractivity contribution in [1.29, 1.82) is 0 Å². The molecule has 0 saturated heterocycles. The second kappa shape index (κ2) is 4.12. The van der Waals surface area contributed by atoms with Crippen LogP contribution in [0.3, 0.4) is 0 Å². The highest BCUT2D eigenvalue weighted by molar-refractivity contribution is 7.87. The summed E-state index contributed by atoms with van der Waals surface area (Å²) in [5, 5.41) is 0. The van der Waals surface area contributed by atoms with Gasteiger partial charge >= 0.3 is 12.4 Å². The number of alkyl halides is 6. The van der Waals surface area contributed by atoms with Gasteiger partial charge in [0.05, 0.1) is 0 Å². The van der Waals surface area contributed by atoms with E-state index < -0.39 is 51.4 Å². The summed E-state index contributed by atoms with van der Waals surface area (Å²) < 4.78 is 106. The molecular weight excluding hydrogens is 314 g/mol. The number of fused-ring (bicyclic) bond motifs is 2. The molecule has 2 rings (SSSR count). The lowest BCUT2D eigenvalue weighted by Gasteiger charge is -2.44. The fourth-order valence-electron chi connectivity index (χ4n) is 3.30. The Labute approximate surface area is 110 Å². The second-order valence-electron chi connectivity index (χ2n) is 5.07. The average Bonchev–Trinajstić information content (AvgIpc) is 2.71. The van der Waals surface area contributed by atoms with Gasteiger partial charge in [0.2, 0.25) is 0 Å². The Morgan fingerprint density at radius 2 is 1.45 bits per heavy atom. The third kappa shape index (κ3) is 1.87. The van der Waals surface area contributed by atoms with Gasteiger partial charge in [-0.25, -0.2) is 8.42 Å². The van der Waals surface area contributed by atoms with Crippen molar-refractivity contribution >= 4 is 10.1 Å². The van der Waals surface area contributed by atoms with E-state index in [1.807, 2.05) is 0 Å². The van der Waals surface area contributed by atoms with E-state index in [0.717, 1.165) is 6.08 Å². The van der Waals surface area contributed by atoms with E-state index in [9.17, 15) is 39.3 Å². The van der Waals surface area contributed by atoms with Crippen LogP contribution >= 0.6 is 0 Å². The fourth-order valence-corrected chi connectivity index (χ4v) is 4.51. The molecule has 2 aliphatic carbocycles. The van der Waals surface area contributed by atoms with Crippen molar-refractivity contribution in [3.05, 3.63) is 12.2 Å². The summed E-state index contributed by atoms with van der Waals surface area (Å²) in [6.07, 6.45) is -10.4. The van der Waals surface area contributed by atoms with E-state index in [1.54, 1.807) is 0 Å². The van der Waals surface area contributed by atoms with Crippen LogP contribution in [0.25, 0.3) is 0 Å². The third-order valence-electron chi connectivity index (χ3n) is 4.04. The minimum atomic E-state index is -6.68. The minimum Gasteiger partial charge on any atom is -0.747 e. The van der Waals surface area contributed by atoms with E-state index in [4.69, 9.17) is 0 Å². The van der Waals surface area contributed by atoms with Crippen LogP contribution in [0.1, 0.15) is 12.8 Å². The van der Waals surface area contributed by atoms with Crippen molar-refractivity contribution in [3.63, 3.8) is 0 Å². The summed E-state index contributed by atoms with van der Waals surface area (Å²) in [7, 11) is -6.68. The Morgan fingerprint density at radius 3 is 1.70 bits per heavy atom. The summed E-state index contributed by atoms with van der Waals surface area (Å²) >= 11 is 0. The maximum absolute atomic E-state index is 13.0. The minimum absolute atomic E-state index is 0.00803. The summed E-state index contributed by atoms with van der Waals surface area (Å²) in [6, 6.07) is 0. The summed E-state index contributed by atoms with van der Waals surface area (Å²) in [5.41, 5.74) is 0. The van der Waals surface area contributed by atoms with Crippen molar-refractivity contribution in [2.24, 2.45) is 17.8 Å². The smallest absolute Gasteiger partial charge is 0.416 e. The normalized spacial score (nSPS) is 31.1. The molecule has 2 bridgehead atoms. The Balaban J connectivity index is 2.69. The molecule has 0 heterocycles. The predicted molar refractivity (Wildman–Crippen MR) is 53.4 cm³/mol. The van der Waals surface area contributed by atoms with Gasteiger partial charge in [-0.3, -0.25) is 0 Å². The zero-order chi connectivity index (χ0) is 15.6. The van der Waals surface area contributed by atoms with Gasteiger partial charge in [-0.05, 0) is 24.7 Å². The van der Waals surface area contributed by atoms with Crippen molar-refractivity contribution in [1.82, 2.24) is 0 Å². The first-order valence-corrected chi connectivity index (χ1v) is 7.00. The predicted octanol–water partition coefficient (Wildman–Crippen LogP) is 2.61. The van der Waals surface area contributed by atoms with Crippen LogP contribution in [-0.2, 0) is 10.1 Å². The van der Waals surface area contributed by atoms with Gasteiger partial charge in [0.25, 0.3) is 4.75 Å². The number of halogens is 6. The average molecular weight is 323 g/mol. The molecule has 1 fully saturated rings. The molecule has 3 atom stereocenters. The van der Waals surface area contributed by atoms with E-state index in [0.29, 0.717) is 0 Å². The van der Waals surface area contributed by atoms with Crippen LogP contribution in [0.5, 0.6) is 0 Å². The first-order chi connectivity index (χ1) is 8.82. The highest BCUT2D eigenvalue weighted by Gasteiger charge is 2.80. The topological polar surface area (TPSA) is 57.2 Å². The van der Waals surface area contributed by atoms with Gasteiger partial charge < -0.3 is 4.55 Å². The quantitative estimate of drug-likeness (QED) is 0.446. The molecule has 0 spiro atoms. The van der Waals surface area contributed by atoms with E-state index in [2.05, 4.69) is 0 Å². The molecule has 0 aromatic carbocycles. The Bertz CT molecular complexity index is 518. The van der Waals surface area contributed by atoms with Crippen LogP contribution < -0.4 is 0 Å². The molecule has 3 unspecified atom stereocenters. The molecule has 3 nitrogen and oxygen atoms in total. The molecule has 0 aromatic heterocycles. The standard InChI is InChI=1S/C10H10F6O3S/c11-9(12,13)8(10(14,15)16,20(17,18)19)7-4-5-1-2-6(7)3-5/h1-2,5-7H,3-4H2,(H,17,18,19)/p-1. The van der Waals surface area contributed by atoms with Crippen molar-refractivity contribution < 1.29 is 39.3 Å². The number of hydrogen-bond donors (Lipinski definition) is 0. The second-order valence-corrected chi connectivity index (χ2v) is 6.62. The Kier molecular flexibility index (Phi) is 3.22. The SMILES string of the molecule is O=S(=O)([O-])C(C1CC2C=CC1C2)(C(F)(F)F)C(F)(F)F. The van der Waals surface area contributed by atoms with Crippen LogP contribution in [0, 0.1) is 17.8 Å². The molecule has 2 aliphatic rings. The van der Waals surface area contributed by atoms with Gasteiger partial charge in [0.15, 0.2) is 0 Å². The highest BCUT2D eigenvalue weighted by atomic mass is 32.2. The first kappa shape index (κ1) is 15.6. The third-order valence-corrected chi connectivity index (χ3v) is 5.59. The van der Waals surface area contributed by atoms with Crippen LogP contribution in [0.2, 0.25) is 0 Å². The van der Waals surface area contributed by atoms with Crippen molar-refractivity contribution in [2.45, 2.75) is 29.9 Å². The van der Waals surface area contributed by atoms with Crippen LogP contribution in [-0.4, -0.2) is 30.1 Å². The van der Waals surface area contributed by atoms with Gasteiger partial charge in [-0.15, -0.1) is 0 Å². The first-order valence-electron chi connectivity index (χ1n) is 5.59. The summed E-state index contributed by atoms with van der Waals surface area (Å²) in [5.74, 6) is -4.07. The van der Waals surface area contributed by atoms with Crippen LogP contribution in [0.15, 0.2) is 12.2 Å². The van der Waals surface area contributed by atoms with Crippen molar-refractivity contribution in [3.8, 4) is 0 Å². The van der Waals surface area contributed by atoms with Gasteiger partial charge in [-0.1, -0.05) is 12.2 Å². The highest BCUT2D eigenvalue weighted by Crippen LogP contribution is 2.60. The van der Waals surface area contributed by atoms with Gasteiger partial charge in [0.1, 0.15) is 10.1 Å². The summed E-state index contributed by atoms with van der Waals surface area (Å²) in [6.45, 7) is 0. The molecule has 0 radical (unpaired) electrons. The van der Waals surface area contributed by atoms with E-state index in [-0.39, 0.29) is 6.42 Å². The monoisotopic (exact) mass is 323 g/mol. The zero-order valence-corrected chi connectivity index (χ0v) is 10.5. The Hall–Kier alpha value is -0.770. The van der Waals surface area contributed by atoms with Crippen molar-refractivity contribution in [2.75, 3.05) is 0 Å². The van der Waals surface area contributed by atoms with Crippen LogP contribution in [0.4, 0.5) is 26.3 Å². The number of rotatable bonds is 2. The van der Waals surface area contributed by atoms with Gasteiger partial charge in [0, 0.05) is 5.92 Å². The molecule has 1 saturated carbocycles. The lowest BCUT2D eigenvalue weighted by Crippen LogP contribution is -2.67. The molecule has 0 N–H and O–H groups in total.